The summed E-state index contributed by atoms with van der Waals surface area (Å²) < 4.78 is 0. The highest BCUT2D eigenvalue weighted by molar-refractivity contribution is 7.10. The molecule has 68 valence electrons. The van der Waals surface area contributed by atoms with E-state index in [0.717, 1.165) is 5.92 Å². The van der Waals surface area contributed by atoms with Crippen LogP contribution >= 0.6 is 23.7 Å². The van der Waals surface area contributed by atoms with E-state index in [4.69, 9.17) is 5.73 Å². The number of hydrogen-bond acceptors (Lipinski definition) is 2. The van der Waals surface area contributed by atoms with Gasteiger partial charge < -0.3 is 5.73 Å². The molecule has 0 amide bonds. The normalized spacial score (nSPS) is 18.5. The monoisotopic (exact) mass is 203 g/mol. The van der Waals surface area contributed by atoms with Crippen LogP contribution < -0.4 is 5.73 Å². The minimum Gasteiger partial charge on any atom is -0.323 e. The van der Waals surface area contributed by atoms with Crippen molar-refractivity contribution in [2.75, 3.05) is 0 Å². The van der Waals surface area contributed by atoms with Gasteiger partial charge in [0.1, 0.15) is 0 Å². The number of aryl methyl sites for hydroxylation is 1. The van der Waals surface area contributed by atoms with Gasteiger partial charge in [-0.05, 0) is 42.7 Å². The zero-order valence-corrected chi connectivity index (χ0v) is 8.75. The first-order valence-corrected chi connectivity index (χ1v) is 4.96. The van der Waals surface area contributed by atoms with E-state index in [0.29, 0.717) is 6.04 Å². The van der Waals surface area contributed by atoms with E-state index in [1.54, 1.807) is 11.3 Å². The van der Waals surface area contributed by atoms with E-state index in [1.165, 1.54) is 23.3 Å². The fourth-order valence-corrected chi connectivity index (χ4v) is 2.42. The van der Waals surface area contributed by atoms with Crippen LogP contribution in [0.2, 0.25) is 0 Å². The third-order valence-corrected chi connectivity index (χ3v) is 3.45. The van der Waals surface area contributed by atoms with Crippen molar-refractivity contribution in [2.45, 2.75) is 25.8 Å². The second-order valence-corrected chi connectivity index (χ2v) is 4.28. The van der Waals surface area contributed by atoms with E-state index in [2.05, 4.69) is 18.4 Å². The summed E-state index contributed by atoms with van der Waals surface area (Å²) in [4.78, 5) is 1.40. The molecule has 2 N–H and O–H groups in total. The van der Waals surface area contributed by atoms with Gasteiger partial charge in [-0.2, -0.15) is 0 Å². The molecule has 1 heterocycles. The quantitative estimate of drug-likeness (QED) is 0.786. The Bertz CT molecular complexity index is 255. The second kappa shape index (κ2) is 3.77. The Balaban J connectivity index is 0.000000720. The topological polar surface area (TPSA) is 26.0 Å². The average Bonchev–Trinajstić information content (AvgIpc) is 2.74. The maximum atomic E-state index is 6.06. The van der Waals surface area contributed by atoms with Gasteiger partial charge in [0.15, 0.2) is 0 Å². The van der Waals surface area contributed by atoms with E-state index >= 15 is 0 Å². The van der Waals surface area contributed by atoms with Crippen molar-refractivity contribution >= 4 is 23.7 Å². The number of hydrogen-bond donors (Lipinski definition) is 1. The van der Waals surface area contributed by atoms with Gasteiger partial charge in [-0.25, -0.2) is 0 Å². The Kier molecular flexibility index (Phi) is 3.16. The highest BCUT2D eigenvalue weighted by Gasteiger charge is 2.30. The molecule has 0 unspecified atom stereocenters. The highest BCUT2D eigenvalue weighted by atomic mass is 35.5. The van der Waals surface area contributed by atoms with Crippen molar-refractivity contribution in [3.05, 3.63) is 21.9 Å². The minimum atomic E-state index is 0. The molecule has 0 spiro atoms. The largest absolute Gasteiger partial charge is 0.323 e. The van der Waals surface area contributed by atoms with Gasteiger partial charge >= 0.3 is 0 Å². The van der Waals surface area contributed by atoms with Gasteiger partial charge in [-0.1, -0.05) is 0 Å². The number of thiophene rings is 1. The van der Waals surface area contributed by atoms with Gasteiger partial charge in [-0.15, -0.1) is 23.7 Å². The van der Waals surface area contributed by atoms with Crippen LogP contribution in [0.5, 0.6) is 0 Å². The van der Waals surface area contributed by atoms with E-state index in [9.17, 15) is 0 Å². The average molecular weight is 204 g/mol. The number of rotatable bonds is 2. The molecule has 1 saturated carbocycles. The van der Waals surface area contributed by atoms with E-state index in [-0.39, 0.29) is 12.4 Å². The fourth-order valence-electron chi connectivity index (χ4n) is 1.40. The molecule has 0 radical (unpaired) electrons. The summed E-state index contributed by atoms with van der Waals surface area (Å²) >= 11 is 1.80. The summed E-state index contributed by atoms with van der Waals surface area (Å²) in [7, 11) is 0. The zero-order chi connectivity index (χ0) is 7.84. The molecule has 1 fully saturated rings. The summed E-state index contributed by atoms with van der Waals surface area (Å²) in [5.41, 5.74) is 7.43. The standard InChI is InChI=1S/C9H13NS.ClH/c1-6-4-5-11-9(6)8(10)7-2-3-7;/h4-5,7-8H,2-3,10H2,1H3;1H/t8-;/m1./s1. The Morgan fingerprint density at radius 3 is 2.67 bits per heavy atom. The summed E-state index contributed by atoms with van der Waals surface area (Å²) in [5, 5.41) is 2.13. The molecule has 0 saturated heterocycles. The predicted octanol–water partition coefficient (Wildman–Crippen LogP) is 2.89. The minimum absolute atomic E-state index is 0. The van der Waals surface area contributed by atoms with E-state index in [1.807, 2.05) is 0 Å². The summed E-state index contributed by atoms with van der Waals surface area (Å²) in [6, 6.07) is 2.48. The zero-order valence-electron chi connectivity index (χ0n) is 7.12. The fraction of sp³-hybridized carbons (Fsp3) is 0.556. The SMILES string of the molecule is Cc1ccsc1[C@H](N)C1CC1.Cl. The van der Waals surface area contributed by atoms with Crippen LogP contribution in [0, 0.1) is 12.8 Å². The van der Waals surface area contributed by atoms with Crippen molar-refractivity contribution in [1.82, 2.24) is 0 Å². The Labute approximate surface area is 83.4 Å². The lowest BCUT2D eigenvalue weighted by atomic mass is 10.1. The molecular weight excluding hydrogens is 190 g/mol. The molecule has 1 aliphatic carbocycles. The molecule has 0 bridgehead atoms. The summed E-state index contributed by atoms with van der Waals surface area (Å²) in [5.74, 6) is 0.785. The van der Waals surface area contributed by atoms with Gasteiger partial charge in [-0.3, -0.25) is 0 Å². The molecule has 12 heavy (non-hydrogen) atoms. The van der Waals surface area contributed by atoms with Crippen molar-refractivity contribution in [3.63, 3.8) is 0 Å². The molecule has 1 nitrogen and oxygen atoms in total. The highest BCUT2D eigenvalue weighted by Crippen LogP contribution is 2.41. The first-order valence-electron chi connectivity index (χ1n) is 4.08. The molecule has 3 heteroatoms. The lowest BCUT2D eigenvalue weighted by Crippen LogP contribution is -2.11. The van der Waals surface area contributed by atoms with Crippen LogP contribution in [0.3, 0.4) is 0 Å². The van der Waals surface area contributed by atoms with Crippen molar-refractivity contribution in [1.29, 1.82) is 0 Å². The molecular formula is C9H14ClNS. The smallest absolute Gasteiger partial charge is 0.0421 e. The van der Waals surface area contributed by atoms with Gasteiger partial charge in [0.2, 0.25) is 0 Å². The second-order valence-electron chi connectivity index (χ2n) is 3.33. The van der Waals surface area contributed by atoms with Crippen LogP contribution in [0.15, 0.2) is 11.4 Å². The van der Waals surface area contributed by atoms with E-state index < -0.39 is 0 Å². The number of nitrogens with two attached hydrogens (primary N) is 1. The molecule has 1 aromatic heterocycles. The van der Waals surface area contributed by atoms with Crippen LogP contribution in [0.25, 0.3) is 0 Å². The Morgan fingerprint density at radius 2 is 2.25 bits per heavy atom. The van der Waals surface area contributed by atoms with Gasteiger partial charge in [0, 0.05) is 10.9 Å². The van der Waals surface area contributed by atoms with Crippen molar-refractivity contribution < 1.29 is 0 Å². The van der Waals surface area contributed by atoms with Crippen molar-refractivity contribution in [3.8, 4) is 0 Å². The summed E-state index contributed by atoms with van der Waals surface area (Å²) in [6.07, 6.45) is 2.66. The molecule has 1 atom stereocenters. The third-order valence-electron chi connectivity index (χ3n) is 2.33. The molecule has 2 rings (SSSR count). The molecule has 0 aliphatic heterocycles. The predicted molar refractivity (Wildman–Crippen MR) is 56.0 cm³/mol. The lowest BCUT2D eigenvalue weighted by Gasteiger charge is -2.08. The van der Waals surface area contributed by atoms with Crippen LogP contribution in [0.4, 0.5) is 0 Å². The van der Waals surface area contributed by atoms with Crippen LogP contribution in [-0.2, 0) is 0 Å². The lowest BCUT2D eigenvalue weighted by molar-refractivity contribution is 0.642. The molecule has 0 aromatic carbocycles. The molecule has 1 aromatic rings. The number of halogens is 1. The Morgan fingerprint density at radius 1 is 1.58 bits per heavy atom. The van der Waals surface area contributed by atoms with Crippen molar-refractivity contribution in [2.24, 2.45) is 11.7 Å². The van der Waals surface area contributed by atoms with Gasteiger partial charge in [0.25, 0.3) is 0 Å². The summed E-state index contributed by atoms with van der Waals surface area (Å²) in [6.45, 7) is 2.15. The maximum absolute atomic E-state index is 6.06. The molecule has 1 aliphatic rings. The third kappa shape index (κ3) is 1.82. The first-order chi connectivity index (χ1) is 5.29. The first kappa shape index (κ1) is 10.0. The Hall–Kier alpha value is -0.0500. The van der Waals surface area contributed by atoms with Crippen LogP contribution in [-0.4, -0.2) is 0 Å². The van der Waals surface area contributed by atoms with Gasteiger partial charge in [0.05, 0.1) is 0 Å². The maximum Gasteiger partial charge on any atom is 0.0421 e. The van der Waals surface area contributed by atoms with Crippen LogP contribution in [0.1, 0.15) is 29.3 Å².